The monoisotopic (exact) mass is 828 g/mol. The molecule has 288 valence electrons. The van der Waals surface area contributed by atoms with Crippen molar-refractivity contribution in [2.45, 2.75) is 39.7 Å². The zero-order valence-corrected chi connectivity index (χ0v) is 30.9. The number of methoxy groups -OCH3 is 1. The number of aliphatic imine (C=N–C) groups is 1. The van der Waals surface area contributed by atoms with Crippen LogP contribution in [0.1, 0.15) is 16.9 Å². The van der Waals surface area contributed by atoms with Crippen LogP contribution in [0.3, 0.4) is 0 Å². The number of esters is 1. The lowest BCUT2D eigenvalue weighted by Gasteiger charge is -2.16. The van der Waals surface area contributed by atoms with Gasteiger partial charge < -0.3 is 27.3 Å². The third-order valence-corrected chi connectivity index (χ3v) is 11.6. The number of carbonyl (C=O) groups excluding carboxylic acids is 4. The second kappa shape index (κ2) is 18.4. The molecule has 0 atom stereocenters. The van der Waals surface area contributed by atoms with Crippen molar-refractivity contribution < 1.29 is 58.7 Å². The van der Waals surface area contributed by atoms with Gasteiger partial charge >= 0.3 is 29.9 Å². The number of thioether (sulfide) groups is 2. The molecule has 3 aromatic rings. The van der Waals surface area contributed by atoms with Crippen molar-refractivity contribution in [3.8, 4) is 11.1 Å². The molecule has 0 aliphatic heterocycles. The number of thiophene rings is 1. The second-order valence-corrected chi connectivity index (χ2v) is 15.4. The van der Waals surface area contributed by atoms with E-state index in [0.29, 0.717) is 42.9 Å². The fraction of sp³-hybridized carbons (Fsp3) is 0.267. The molecule has 1 amide bonds. The molecule has 0 unspecified atom stereocenters. The number of alkyl halides is 6. The van der Waals surface area contributed by atoms with E-state index in [1.54, 1.807) is 37.4 Å². The molecule has 1 heterocycles. The first-order valence-electron chi connectivity index (χ1n) is 14.2. The number of sulfone groups is 1. The minimum Gasteiger partial charge on any atom is -0.469 e. The van der Waals surface area contributed by atoms with Crippen LogP contribution in [0.15, 0.2) is 61.5 Å². The Balaban J connectivity index is 0.000000693. The third kappa shape index (κ3) is 12.5. The van der Waals surface area contributed by atoms with E-state index in [2.05, 4.69) is 15.0 Å². The number of hydrogen-bond acceptors (Lipinski definition) is 12. The Bertz CT molecular complexity index is 2010. The quantitative estimate of drug-likeness (QED) is 0.0293. The highest BCUT2D eigenvalue weighted by Gasteiger charge is 2.54. The summed E-state index contributed by atoms with van der Waals surface area (Å²) >= 11 is 3.68. The summed E-state index contributed by atoms with van der Waals surface area (Å²) in [5.41, 5.74) is 19.4. The number of ether oxygens (including phenoxy) is 1. The molecule has 0 aliphatic carbocycles. The smallest absolute Gasteiger partial charge is 0.458 e. The number of nitrogen functional groups attached to an aromatic ring is 1. The number of anilines is 1. The van der Waals surface area contributed by atoms with Crippen molar-refractivity contribution in [1.29, 1.82) is 5.41 Å². The van der Waals surface area contributed by atoms with Gasteiger partial charge in [-0.05, 0) is 54.6 Å². The number of carbonyl (C=O) groups is 4. The molecule has 53 heavy (non-hydrogen) atoms. The Hall–Kier alpha value is -4.61. The highest BCUT2D eigenvalue weighted by atomic mass is 32.2. The number of aryl methyl sites for hydroxylation is 1. The summed E-state index contributed by atoms with van der Waals surface area (Å²) in [6, 6.07) is 11.1. The van der Waals surface area contributed by atoms with E-state index in [0.717, 1.165) is 11.3 Å². The molecule has 0 fully saturated rings. The first-order chi connectivity index (χ1) is 24.4. The lowest BCUT2D eigenvalue weighted by Crippen LogP contribution is -2.39. The molecule has 0 saturated heterocycles. The van der Waals surface area contributed by atoms with Crippen molar-refractivity contribution >= 4 is 91.3 Å². The Kier molecular flexibility index (Phi) is 15.5. The van der Waals surface area contributed by atoms with Crippen LogP contribution >= 0.6 is 34.9 Å². The van der Waals surface area contributed by atoms with E-state index in [1.807, 2.05) is 0 Å². The number of amidine groups is 1. The van der Waals surface area contributed by atoms with Gasteiger partial charge in [0, 0.05) is 11.3 Å². The molecule has 0 radical (unpaired) electrons. The van der Waals surface area contributed by atoms with E-state index in [4.69, 9.17) is 22.6 Å². The van der Waals surface area contributed by atoms with Gasteiger partial charge in [0.05, 0.1) is 49.5 Å². The Morgan fingerprint density at radius 3 is 2.09 bits per heavy atom. The molecular formula is C30H30F6N6O7S4. The number of rotatable bonds is 13. The SMILES string of the molecule is COC(=O)CCSCC(=O)Nc1cc(N=C(N)N)cc(C)c1-c1cccc(S(=O)(=O)c2cc(C(=N)N)sc2SC)c1.O=C(C(=O)C(F)(F)F)C(F)(F)F. The largest absolute Gasteiger partial charge is 0.469 e. The molecular weight excluding hydrogens is 799 g/mol. The van der Waals surface area contributed by atoms with Crippen LogP contribution in [-0.2, 0) is 33.8 Å². The Morgan fingerprint density at radius 1 is 0.981 bits per heavy atom. The van der Waals surface area contributed by atoms with Crippen molar-refractivity contribution in [3.63, 3.8) is 0 Å². The molecule has 0 aliphatic rings. The van der Waals surface area contributed by atoms with Crippen molar-refractivity contribution in [2.75, 3.05) is 30.2 Å². The minimum absolute atomic E-state index is 0.0431. The summed E-state index contributed by atoms with van der Waals surface area (Å²) in [7, 11) is -2.66. The molecule has 3 rings (SSSR count). The van der Waals surface area contributed by atoms with Gasteiger partial charge in [0.15, 0.2) is 5.96 Å². The predicted molar refractivity (Wildman–Crippen MR) is 189 cm³/mol. The van der Waals surface area contributed by atoms with Crippen LogP contribution < -0.4 is 22.5 Å². The van der Waals surface area contributed by atoms with E-state index >= 15 is 0 Å². The van der Waals surface area contributed by atoms with Crippen LogP contribution in [0.4, 0.5) is 37.7 Å². The number of Topliss-reactive ketones (excluding diaryl/α,β-unsaturated/α-hetero) is 2. The standard InChI is InChI=1S/C26H30N6O5S4.C4F6O2/c1-14-9-16(31-26(29)30)11-18(32-21(33)13-39-8-7-22(34)37-2)23(14)15-5-4-6-17(10-15)41(35,36)20-12-19(24(27)28)40-25(20)38-3;5-3(6,7)1(11)2(12)4(8,9)10/h4-6,9-12H,7-8,13H2,1-3H3,(H3,27,28)(H,32,33)(H4,29,30,31);. The summed E-state index contributed by atoms with van der Waals surface area (Å²) in [5, 5.41) is 10.6. The van der Waals surface area contributed by atoms with Gasteiger partial charge in [-0.3, -0.25) is 24.6 Å². The topological polar surface area (TPSA) is 238 Å². The zero-order valence-electron chi connectivity index (χ0n) is 27.6. The number of guanidine groups is 1. The normalized spacial score (nSPS) is 11.5. The first kappa shape index (κ1) is 44.6. The fourth-order valence-corrected chi connectivity index (χ4v) is 8.71. The van der Waals surface area contributed by atoms with Crippen LogP contribution in [-0.4, -0.2) is 80.9 Å². The van der Waals surface area contributed by atoms with Crippen molar-refractivity contribution in [1.82, 2.24) is 0 Å². The van der Waals surface area contributed by atoms with Crippen molar-refractivity contribution in [2.24, 2.45) is 22.2 Å². The summed E-state index contributed by atoms with van der Waals surface area (Å²) in [5.74, 6) is -7.39. The summed E-state index contributed by atoms with van der Waals surface area (Å²) < 4.78 is 99.5. The van der Waals surface area contributed by atoms with Gasteiger partial charge in [0.25, 0.3) is 0 Å². The number of nitrogens with one attached hydrogen (secondary N) is 2. The van der Waals surface area contributed by atoms with E-state index in [1.165, 1.54) is 48.8 Å². The van der Waals surface area contributed by atoms with Crippen LogP contribution in [0, 0.1) is 12.3 Å². The molecule has 1 aromatic heterocycles. The van der Waals surface area contributed by atoms with Gasteiger partial charge in [0.2, 0.25) is 15.7 Å². The molecule has 2 aromatic carbocycles. The predicted octanol–water partition coefficient (Wildman–Crippen LogP) is 4.95. The summed E-state index contributed by atoms with van der Waals surface area (Å²) in [4.78, 5) is 48.0. The number of nitrogens with two attached hydrogens (primary N) is 3. The molecule has 0 bridgehead atoms. The van der Waals surface area contributed by atoms with Gasteiger partial charge in [-0.2, -0.15) is 38.1 Å². The molecule has 13 nitrogen and oxygen atoms in total. The maximum absolute atomic E-state index is 13.7. The molecule has 0 spiro atoms. The van der Waals surface area contributed by atoms with Gasteiger partial charge in [-0.15, -0.1) is 23.1 Å². The maximum atomic E-state index is 13.7. The third-order valence-electron chi connectivity index (χ3n) is 6.32. The van der Waals surface area contributed by atoms with Gasteiger partial charge in [-0.25, -0.2) is 13.4 Å². The zero-order chi connectivity index (χ0) is 40.5. The number of ketones is 2. The highest BCUT2D eigenvalue weighted by molar-refractivity contribution is 8.01. The minimum atomic E-state index is -5.77. The lowest BCUT2D eigenvalue weighted by molar-refractivity contribution is -0.193. The van der Waals surface area contributed by atoms with E-state index in [-0.39, 0.29) is 45.6 Å². The van der Waals surface area contributed by atoms with Crippen molar-refractivity contribution in [3.05, 3.63) is 52.9 Å². The van der Waals surface area contributed by atoms with Gasteiger partial charge in [-0.1, -0.05) is 12.1 Å². The average molecular weight is 829 g/mol. The van der Waals surface area contributed by atoms with E-state index < -0.39 is 33.8 Å². The number of amides is 1. The Morgan fingerprint density at radius 2 is 1.58 bits per heavy atom. The maximum Gasteiger partial charge on any atom is 0.458 e. The van der Waals surface area contributed by atoms with Crippen LogP contribution in [0.5, 0.6) is 0 Å². The number of hydrogen-bond donors (Lipinski definition) is 5. The average Bonchev–Trinajstić information content (AvgIpc) is 3.51. The van der Waals surface area contributed by atoms with Crippen LogP contribution in [0.25, 0.3) is 11.1 Å². The summed E-state index contributed by atoms with van der Waals surface area (Å²) in [6.45, 7) is 1.80. The Labute approximate surface area is 310 Å². The lowest BCUT2D eigenvalue weighted by atomic mass is 9.97. The van der Waals surface area contributed by atoms with Gasteiger partial charge in [0.1, 0.15) is 5.84 Å². The van der Waals surface area contributed by atoms with Crippen LogP contribution in [0.2, 0.25) is 0 Å². The molecule has 0 saturated carbocycles. The van der Waals surface area contributed by atoms with E-state index in [9.17, 15) is 53.9 Å². The molecule has 8 N–H and O–H groups in total. The fourth-order valence-electron chi connectivity index (χ4n) is 4.10. The second-order valence-electron chi connectivity index (χ2n) is 10.2. The number of benzene rings is 2. The summed E-state index contributed by atoms with van der Waals surface area (Å²) in [6.07, 6.45) is -9.61. The highest BCUT2D eigenvalue weighted by Crippen LogP contribution is 2.40. The molecule has 23 heteroatoms. The number of halogens is 6. The first-order valence-corrected chi connectivity index (χ1v) is 18.9. The number of nitrogens with zero attached hydrogens (tertiary/aromatic N) is 1.